The van der Waals surface area contributed by atoms with Gasteiger partial charge in [-0.15, -0.1) is 0 Å². The molecule has 4 nitrogen and oxygen atoms in total. The first-order chi connectivity index (χ1) is 7.85. The Morgan fingerprint density at radius 1 is 1.53 bits per heavy atom. The number of carbonyl (C=O) groups is 1. The van der Waals surface area contributed by atoms with E-state index in [9.17, 15) is 4.79 Å². The molecule has 0 spiro atoms. The van der Waals surface area contributed by atoms with Crippen molar-refractivity contribution in [3.8, 4) is 0 Å². The minimum Gasteiger partial charge on any atom is -0.398 e. The van der Waals surface area contributed by atoms with Crippen LogP contribution in [-0.2, 0) is 4.74 Å². The Hall–Kier alpha value is -1.07. The van der Waals surface area contributed by atoms with Crippen LogP contribution in [0, 0.1) is 0 Å². The molecule has 0 aliphatic rings. The van der Waals surface area contributed by atoms with E-state index < -0.39 is 0 Å². The first-order valence-corrected chi connectivity index (χ1v) is 6.03. The van der Waals surface area contributed by atoms with Crippen molar-refractivity contribution < 1.29 is 9.53 Å². The summed E-state index contributed by atoms with van der Waals surface area (Å²) in [6, 6.07) is 5.11. The Morgan fingerprint density at radius 2 is 2.18 bits per heavy atom. The van der Waals surface area contributed by atoms with E-state index in [4.69, 9.17) is 10.5 Å². The van der Waals surface area contributed by atoms with Gasteiger partial charge in [-0.05, 0) is 48.0 Å². The third kappa shape index (κ3) is 4.02. The van der Waals surface area contributed by atoms with Crippen molar-refractivity contribution in [3.63, 3.8) is 0 Å². The van der Waals surface area contributed by atoms with Crippen LogP contribution in [0.5, 0.6) is 0 Å². The Balaban J connectivity index is 2.68. The molecule has 1 rings (SSSR count). The van der Waals surface area contributed by atoms with Crippen molar-refractivity contribution >= 4 is 27.5 Å². The standard InChI is InChI=1S/C12H17BrN2O2/c1-12(2,17-3)7-15-11(16)8-4-5-9(13)10(14)6-8/h4-6H,7,14H2,1-3H3,(H,15,16). The second-order valence-corrected chi connectivity index (χ2v) is 5.24. The Labute approximate surface area is 110 Å². The van der Waals surface area contributed by atoms with Crippen LogP contribution in [0.3, 0.4) is 0 Å². The lowest BCUT2D eigenvalue weighted by atomic mass is 10.1. The number of nitrogen functional groups attached to an aromatic ring is 1. The van der Waals surface area contributed by atoms with Crippen molar-refractivity contribution in [2.75, 3.05) is 19.4 Å². The first kappa shape index (κ1) is 14.0. The minimum atomic E-state index is -0.378. The van der Waals surface area contributed by atoms with Gasteiger partial charge in [0.1, 0.15) is 0 Å². The number of carbonyl (C=O) groups excluding carboxylic acids is 1. The summed E-state index contributed by atoms with van der Waals surface area (Å²) in [4.78, 5) is 11.8. The maximum Gasteiger partial charge on any atom is 0.251 e. The SMILES string of the molecule is COC(C)(C)CNC(=O)c1ccc(Br)c(N)c1. The summed E-state index contributed by atoms with van der Waals surface area (Å²) in [5.74, 6) is -0.158. The number of nitrogens with two attached hydrogens (primary N) is 1. The minimum absolute atomic E-state index is 0.158. The fourth-order valence-electron chi connectivity index (χ4n) is 1.15. The number of halogens is 1. The fourth-order valence-corrected chi connectivity index (χ4v) is 1.40. The summed E-state index contributed by atoms with van der Waals surface area (Å²) in [6.45, 7) is 4.25. The summed E-state index contributed by atoms with van der Waals surface area (Å²) in [5, 5.41) is 2.80. The van der Waals surface area contributed by atoms with E-state index in [1.807, 2.05) is 13.8 Å². The molecule has 3 N–H and O–H groups in total. The fraction of sp³-hybridized carbons (Fsp3) is 0.417. The van der Waals surface area contributed by atoms with Crippen molar-refractivity contribution in [1.82, 2.24) is 5.32 Å². The van der Waals surface area contributed by atoms with E-state index in [2.05, 4.69) is 21.2 Å². The van der Waals surface area contributed by atoms with Gasteiger partial charge in [0.25, 0.3) is 5.91 Å². The number of nitrogens with one attached hydrogen (secondary N) is 1. The molecule has 0 saturated carbocycles. The van der Waals surface area contributed by atoms with E-state index in [-0.39, 0.29) is 11.5 Å². The van der Waals surface area contributed by atoms with Crippen LogP contribution < -0.4 is 11.1 Å². The van der Waals surface area contributed by atoms with E-state index in [0.29, 0.717) is 17.8 Å². The van der Waals surface area contributed by atoms with Gasteiger partial charge in [0.15, 0.2) is 0 Å². The highest BCUT2D eigenvalue weighted by Crippen LogP contribution is 2.20. The summed E-state index contributed by atoms with van der Waals surface area (Å²) in [5.41, 5.74) is 6.42. The van der Waals surface area contributed by atoms with Crippen LogP contribution >= 0.6 is 15.9 Å². The summed E-state index contributed by atoms with van der Waals surface area (Å²) >= 11 is 3.28. The molecule has 0 atom stereocenters. The molecule has 0 aromatic heterocycles. The van der Waals surface area contributed by atoms with E-state index in [0.717, 1.165) is 4.47 Å². The number of ether oxygens (including phenoxy) is 1. The van der Waals surface area contributed by atoms with Gasteiger partial charge < -0.3 is 15.8 Å². The lowest BCUT2D eigenvalue weighted by molar-refractivity contribution is 0.0229. The Morgan fingerprint density at radius 3 is 2.71 bits per heavy atom. The van der Waals surface area contributed by atoms with Crippen molar-refractivity contribution in [1.29, 1.82) is 0 Å². The molecule has 17 heavy (non-hydrogen) atoms. The molecule has 5 heteroatoms. The zero-order chi connectivity index (χ0) is 13.1. The molecule has 0 unspecified atom stereocenters. The predicted octanol–water partition coefficient (Wildman–Crippen LogP) is 2.19. The third-order valence-corrected chi connectivity index (χ3v) is 3.21. The second kappa shape index (κ2) is 5.51. The molecule has 94 valence electrons. The molecule has 0 aliphatic carbocycles. The number of methoxy groups -OCH3 is 1. The van der Waals surface area contributed by atoms with Crippen LogP contribution in [0.4, 0.5) is 5.69 Å². The maximum atomic E-state index is 11.8. The highest BCUT2D eigenvalue weighted by Gasteiger charge is 2.18. The largest absolute Gasteiger partial charge is 0.398 e. The van der Waals surface area contributed by atoms with E-state index >= 15 is 0 Å². The number of rotatable bonds is 4. The average molecular weight is 301 g/mol. The number of anilines is 1. The Kier molecular flexibility index (Phi) is 4.54. The molecule has 1 amide bonds. The van der Waals surface area contributed by atoms with Crippen molar-refractivity contribution in [2.45, 2.75) is 19.4 Å². The van der Waals surface area contributed by atoms with E-state index in [1.165, 1.54) is 0 Å². The molecule has 1 aromatic carbocycles. The van der Waals surface area contributed by atoms with Gasteiger partial charge in [-0.2, -0.15) is 0 Å². The molecular weight excluding hydrogens is 284 g/mol. The zero-order valence-electron chi connectivity index (χ0n) is 10.2. The topological polar surface area (TPSA) is 64.3 Å². The number of hydrogen-bond acceptors (Lipinski definition) is 3. The number of benzene rings is 1. The zero-order valence-corrected chi connectivity index (χ0v) is 11.8. The second-order valence-electron chi connectivity index (χ2n) is 4.38. The smallest absolute Gasteiger partial charge is 0.251 e. The molecule has 0 saturated heterocycles. The van der Waals surface area contributed by atoms with Crippen molar-refractivity contribution in [2.24, 2.45) is 0 Å². The maximum absolute atomic E-state index is 11.8. The highest BCUT2D eigenvalue weighted by atomic mass is 79.9. The lowest BCUT2D eigenvalue weighted by Gasteiger charge is -2.23. The summed E-state index contributed by atoms with van der Waals surface area (Å²) in [6.07, 6.45) is 0. The quantitative estimate of drug-likeness (QED) is 0.838. The molecule has 0 aliphatic heterocycles. The van der Waals surface area contributed by atoms with Crippen molar-refractivity contribution in [3.05, 3.63) is 28.2 Å². The Bertz CT molecular complexity index is 419. The van der Waals surface area contributed by atoms with Gasteiger partial charge in [-0.25, -0.2) is 0 Å². The highest BCUT2D eigenvalue weighted by molar-refractivity contribution is 9.10. The van der Waals surface area contributed by atoms with Gasteiger partial charge in [0.2, 0.25) is 0 Å². The number of amides is 1. The van der Waals surface area contributed by atoms with Crippen LogP contribution in [-0.4, -0.2) is 25.2 Å². The molecule has 0 fully saturated rings. The summed E-state index contributed by atoms with van der Waals surface area (Å²) < 4.78 is 6.00. The summed E-state index contributed by atoms with van der Waals surface area (Å²) in [7, 11) is 1.61. The van der Waals surface area contributed by atoms with Gasteiger partial charge in [0, 0.05) is 29.4 Å². The number of hydrogen-bond donors (Lipinski definition) is 2. The molecule has 0 heterocycles. The lowest BCUT2D eigenvalue weighted by Crippen LogP contribution is -2.39. The normalized spacial score (nSPS) is 11.3. The van der Waals surface area contributed by atoms with Gasteiger partial charge in [0.05, 0.1) is 5.60 Å². The van der Waals surface area contributed by atoms with Gasteiger partial charge >= 0.3 is 0 Å². The molecular formula is C12H17BrN2O2. The first-order valence-electron chi connectivity index (χ1n) is 5.24. The van der Waals surface area contributed by atoms with Gasteiger partial charge in [-0.3, -0.25) is 4.79 Å². The molecule has 1 aromatic rings. The van der Waals surface area contributed by atoms with Crippen LogP contribution in [0.25, 0.3) is 0 Å². The monoisotopic (exact) mass is 300 g/mol. The molecule has 0 radical (unpaired) electrons. The predicted molar refractivity (Wildman–Crippen MR) is 72.0 cm³/mol. The van der Waals surface area contributed by atoms with Crippen LogP contribution in [0.1, 0.15) is 24.2 Å². The van der Waals surface area contributed by atoms with Crippen LogP contribution in [0.15, 0.2) is 22.7 Å². The van der Waals surface area contributed by atoms with Crippen LogP contribution in [0.2, 0.25) is 0 Å². The third-order valence-electron chi connectivity index (χ3n) is 2.49. The van der Waals surface area contributed by atoms with Gasteiger partial charge in [-0.1, -0.05) is 0 Å². The van der Waals surface area contributed by atoms with E-state index in [1.54, 1.807) is 25.3 Å². The molecule has 0 bridgehead atoms. The average Bonchev–Trinajstić information content (AvgIpc) is 2.30.